The van der Waals surface area contributed by atoms with Crippen LogP contribution < -0.4 is 0 Å². The molecular formula is C20H23ClN2O. The van der Waals surface area contributed by atoms with Gasteiger partial charge in [-0.05, 0) is 36.6 Å². The molecule has 0 saturated carbocycles. The number of hydrogen-bond donors (Lipinski definition) is 0. The van der Waals surface area contributed by atoms with E-state index in [9.17, 15) is 4.79 Å². The van der Waals surface area contributed by atoms with Crippen molar-refractivity contribution in [2.75, 3.05) is 19.6 Å². The van der Waals surface area contributed by atoms with Gasteiger partial charge in [-0.25, -0.2) is 0 Å². The highest BCUT2D eigenvalue weighted by Crippen LogP contribution is 2.33. The quantitative estimate of drug-likeness (QED) is 0.787. The predicted molar refractivity (Wildman–Crippen MR) is 97.9 cm³/mol. The van der Waals surface area contributed by atoms with Gasteiger partial charge >= 0.3 is 0 Å². The van der Waals surface area contributed by atoms with E-state index in [0.29, 0.717) is 19.1 Å². The number of carbonyl (C=O) groups excluding carboxylic acids is 1. The number of likely N-dealkylation sites (tertiary alicyclic amines) is 1. The lowest BCUT2D eigenvalue weighted by Crippen LogP contribution is -2.47. The van der Waals surface area contributed by atoms with Crippen LogP contribution in [-0.4, -0.2) is 35.3 Å². The Morgan fingerprint density at radius 3 is 2.46 bits per heavy atom. The fraction of sp³-hybridized carbons (Fsp3) is 0.350. The van der Waals surface area contributed by atoms with Crippen molar-refractivity contribution in [1.29, 1.82) is 0 Å². The van der Waals surface area contributed by atoms with Gasteiger partial charge in [-0.1, -0.05) is 54.1 Å². The molecule has 1 heterocycles. The molecule has 1 aliphatic rings. The van der Waals surface area contributed by atoms with Gasteiger partial charge < -0.3 is 4.90 Å². The molecule has 2 aromatic rings. The molecule has 0 spiro atoms. The predicted octanol–water partition coefficient (Wildman–Crippen LogP) is 4.14. The Hall–Kier alpha value is -1.84. The number of likely N-dealkylation sites (N-methyl/N-ethyl adjacent to an activating group) is 1. The topological polar surface area (TPSA) is 23.6 Å². The molecule has 3 nitrogen and oxygen atoms in total. The van der Waals surface area contributed by atoms with Crippen LogP contribution >= 0.6 is 11.6 Å². The first-order valence-electron chi connectivity index (χ1n) is 8.48. The van der Waals surface area contributed by atoms with Crippen molar-refractivity contribution >= 4 is 17.5 Å². The second-order valence-electron chi connectivity index (χ2n) is 6.22. The minimum absolute atomic E-state index is 0.194. The molecule has 1 amide bonds. The molecule has 0 aliphatic carbocycles. The summed E-state index contributed by atoms with van der Waals surface area (Å²) in [5.41, 5.74) is 2.41. The van der Waals surface area contributed by atoms with Crippen molar-refractivity contribution < 1.29 is 4.79 Å². The summed E-state index contributed by atoms with van der Waals surface area (Å²) >= 11 is 5.96. The minimum Gasteiger partial charge on any atom is -0.338 e. The van der Waals surface area contributed by atoms with Crippen molar-refractivity contribution in [2.24, 2.45) is 0 Å². The van der Waals surface area contributed by atoms with Gasteiger partial charge in [0.2, 0.25) is 5.91 Å². The van der Waals surface area contributed by atoms with E-state index in [1.165, 1.54) is 11.1 Å². The third kappa shape index (κ3) is 3.97. The summed E-state index contributed by atoms with van der Waals surface area (Å²) in [6.45, 7) is 4.90. The summed E-state index contributed by atoms with van der Waals surface area (Å²) in [4.78, 5) is 16.8. The Kier molecular flexibility index (Phi) is 5.54. The molecule has 0 radical (unpaired) electrons. The molecule has 1 aliphatic heterocycles. The Labute approximate surface area is 148 Å². The summed E-state index contributed by atoms with van der Waals surface area (Å²) in [6, 6.07) is 18.5. The molecule has 1 unspecified atom stereocenters. The zero-order valence-corrected chi connectivity index (χ0v) is 14.7. The lowest BCUT2D eigenvalue weighted by molar-refractivity contribution is -0.135. The van der Waals surface area contributed by atoms with E-state index in [4.69, 9.17) is 11.6 Å². The molecule has 24 heavy (non-hydrogen) atoms. The Morgan fingerprint density at radius 2 is 1.88 bits per heavy atom. The zero-order chi connectivity index (χ0) is 16.9. The van der Waals surface area contributed by atoms with E-state index in [0.717, 1.165) is 24.5 Å². The van der Waals surface area contributed by atoms with Gasteiger partial charge in [-0.15, -0.1) is 0 Å². The Bertz CT molecular complexity index is 672. The maximum atomic E-state index is 12.7. The highest BCUT2D eigenvalue weighted by molar-refractivity contribution is 6.30. The van der Waals surface area contributed by atoms with E-state index >= 15 is 0 Å². The van der Waals surface area contributed by atoms with E-state index < -0.39 is 0 Å². The second-order valence-corrected chi connectivity index (χ2v) is 6.66. The summed E-state index contributed by atoms with van der Waals surface area (Å²) in [5, 5.41) is 0.751. The molecule has 1 saturated heterocycles. The lowest BCUT2D eigenvalue weighted by Gasteiger charge is -2.41. The van der Waals surface area contributed by atoms with Gasteiger partial charge in [0.05, 0.1) is 6.54 Å². The van der Waals surface area contributed by atoms with E-state index in [1.807, 2.05) is 42.2 Å². The van der Waals surface area contributed by atoms with Crippen LogP contribution in [0.25, 0.3) is 0 Å². The van der Waals surface area contributed by atoms with Crippen LogP contribution in [0.15, 0.2) is 54.6 Å². The first-order chi connectivity index (χ1) is 11.7. The maximum Gasteiger partial charge on any atom is 0.237 e. The van der Waals surface area contributed by atoms with Gasteiger partial charge in [0.15, 0.2) is 0 Å². The number of benzene rings is 2. The number of rotatable bonds is 6. The first-order valence-corrected chi connectivity index (χ1v) is 8.86. The standard InChI is InChI=1S/C20H23ClN2O/c1-2-22(14-16-6-4-3-5-7-16)20(24)15-23-13-12-19(23)17-8-10-18(21)11-9-17/h3-11,19H,2,12-15H2,1H3. The normalized spacial score (nSPS) is 17.3. The zero-order valence-electron chi connectivity index (χ0n) is 14.0. The highest BCUT2D eigenvalue weighted by Gasteiger charge is 2.31. The van der Waals surface area contributed by atoms with Gasteiger partial charge in [-0.3, -0.25) is 9.69 Å². The molecule has 2 aromatic carbocycles. The van der Waals surface area contributed by atoms with Crippen molar-refractivity contribution in [3.05, 3.63) is 70.7 Å². The molecule has 1 atom stereocenters. The number of amides is 1. The van der Waals surface area contributed by atoms with Crippen molar-refractivity contribution in [3.8, 4) is 0 Å². The van der Waals surface area contributed by atoms with Crippen LogP contribution in [0.4, 0.5) is 0 Å². The van der Waals surface area contributed by atoms with Crippen LogP contribution in [0.2, 0.25) is 5.02 Å². The summed E-state index contributed by atoms with van der Waals surface area (Å²) in [6.07, 6.45) is 1.10. The first kappa shape index (κ1) is 17.0. The third-order valence-corrected chi connectivity index (χ3v) is 4.93. The molecule has 0 aromatic heterocycles. The average molecular weight is 343 g/mol. The van der Waals surface area contributed by atoms with E-state index in [-0.39, 0.29) is 5.91 Å². The summed E-state index contributed by atoms with van der Waals surface area (Å²) in [5.74, 6) is 0.194. The third-order valence-electron chi connectivity index (χ3n) is 4.67. The van der Waals surface area contributed by atoms with Crippen LogP contribution in [0.5, 0.6) is 0 Å². The Morgan fingerprint density at radius 1 is 1.17 bits per heavy atom. The maximum absolute atomic E-state index is 12.7. The number of halogens is 1. The van der Waals surface area contributed by atoms with Crippen LogP contribution in [0.1, 0.15) is 30.5 Å². The largest absolute Gasteiger partial charge is 0.338 e. The van der Waals surface area contributed by atoms with Crippen molar-refractivity contribution in [1.82, 2.24) is 9.80 Å². The smallest absolute Gasteiger partial charge is 0.237 e. The fourth-order valence-electron chi connectivity index (χ4n) is 3.15. The highest BCUT2D eigenvalue weighted by atomic mass is 35.5. The van der Waals surface area contributed by atoms with Gasteiger partial charge in [0, 0.05) is 30.7 Å². The molecular weight excluding hydrogens is 320 g/mol. The number of nitrogens with zero attached hydrogens (tertiary/aromatic N) is 2. The molecule has 1 fully saturated rings. The van der Waals surface area contributed by atoms with Gasteiger partial charge in [0.25, 0.3) is 0 Å². The van der Waals surface area contributed by atoms with Gasteiger partial charge in [-0.2, -0.15) is 0 Å². The lowest BCUT2D eigenvalue weighted by atomic mass is 9.95. The molecule has 4 heteroatoms. The SMILES string of the molecule is CCN(Cc1ccccc1)C(=O)CN1CCC1c1ccc(Cl)cc1. The molecule has 126 valence electrons. The van der Waals surface area contributed by atoms with Crippen molar-refractivity contribution in [3.63, 3.8) is 0 Å². The van der Waals surface area contributed by atoms with E-state index in [1.54, 1.807) is 0 Å². The molecule has 3 rings (SSSR count). The van der Waals surface area contributed by atoms with Crippen molar-refractivity contribution in [2.45, 2.75) is 25.9 Å². The van der Waals surface area contributed by atoms with E-state index in [2.05, 4.69) is 29.2 Å². The number of carbonyl (C=O) groups is 1. The molecule has 0 bridgehead atoms. The molecule has 0 N–H and O–H groups in total. The fourth-order valence-corrected chi connectivity index (χ4v) is 3.27. The number of hydrogen-bond acceptors (Lipinski definition) is 2. The monoisotopic (exact) mass is 342 g/mol. The Balaban J connectivity index is 1.60. The summed E-state index contributed by atoms with van der Waals surface area (Å²) < 4.78 is 0. The van der Waals surface area contributed by atoms with Crippen LogP contribution in [-0.2, 0) is 11.3 Å². The van der Waals surface area contributed by atoms with Gasteiger partial charge in [0.1, 0.15) is 0 Å². The summed E-state index contributed by atoms with van der Waals surface area (Å²) in [7, 11) is 0. The van der Waals surface area contributed by atoms with Crippen LogP contribution in [0, 0.1) is 0 Å². The second kappa shape index (κ2) is 7.82. The van der Waals surface area contributed by atoms with Crippen LogP contribution in [0.3, 0.4) is 0 Å². The minimum atomic E-state index is 0.194. The average Bonchev–Trinajstić information content (AvgIpc) is 2.59.